The zero-order valence-corrected chi connectivity index (χ0v) is 11.1. The standard InChI is InChI=1S/C12H14BrNO3/c1-8-2-3-9(4-11(8)13)14-5-10(6-15)17-7-12(14)16/h2-4,10,15H,5-7H2,1H3. The fraction of sp³-hybridized carbons (Fsp3) is 0.417. The number of carbonyl (C=O) groups excluding carboxylic acids is 1. The van der Waals surface area contributed by atoms with E-state index in [9.17, 15) is 4.79 Å². The molecule has 17 heavy (non-hydrogen) atoms. The van der Waals surface area contributed by atoms with Crippen molar-refractivity contribution in [3.8, 4) is 0 Å². The van der Waals surface area contributed by atoms with Gasteiger partial charge in [-0.25, -0.2) is 0 Å². The van der Waals surface area contributed by atoms with Gasteiger partial charge in [-0.05, 0) is 24.6 Å². The van der Waals surface area contributed by atoms with Crippen molar-refractivity contribution in [2.75, 3.05) is 24.7 Å². The summed E-state index contributed by atoms with van der Waals surface area (Å²) in [7, 11) is 0. The Morgan fingerprint density at radius 3 is 3.00 bits per heavy atom. The van der Waals surface area contributed by atoms with E-state index in [1.165, 1.54) is 0 Å². The summed E-state index contributed by atoms with van der Waals surface area (Å²) < 4.78 is 6.16. The highest BCUT2D eigenvalue weighted by molar-refractivity contribution is 9.10. The number of carbonyl (C=O) groups is 1. The van der Waals surface area contributed by atoms with Crippen molar-refractivity contribution in [1.29, 1.82) is 0 Å². The van der Waals surface area contributed by atoms with Crippen molar-refractivity contribution in [2.24, 2.45) is 0 Å². The normalized spacial score (nSPS) is 20.8. The first kappa shape index (κ1) is 12.5. The number of hydrogen-bond donors (Lipinski definition) is 1. The fourth-order valence-corrected chi connectivity index (χ4v) is 2.10. The number of amides is 1. The van der Waals surface area contributed by atoms with Crippen molar-refractivity contribution in [3.63, 3.8) is 0 Å². The Labute approximate surface area is 108 Å². The van der Waals surface area contributed by atoms with E-state index in [-0.39, 0.29) is 25.2 Å². The molecule has 1 amide bonds. The Morgan fingerprint density at radius 2 is 2.35 bits per heavy atom. The van der Waals surface area contributed by atoms with Crippen LogP contribution in [-0.4, -0.2) is 36.9 Å². The first-order chi connectivity index (χ1) is 8.11. The summed E-state index contributed by atoms with van der Waals surface area (Å²) >= 11 is 3.45. The Bertz CT molecular complexity index is 436. The molecule has 0 radical (unpaired) electrons. The molecule has 92 valence electrons. The summed E-state index contributed by atoms with van der Waals surface area (Å²) in [4.78, 5) is 13.4. The van der Waals surface area contributed by atoms with Crippen LogP contribution in [0.5, 0.6) is 0 Å². The minimum Gasteiger partial charge on any atom is -0.394 e. The van der Waals surface area contributed by atoms with Crippen LogP contribution in [0.25, 0.3) is 0 Å². The van der Waals surface area contributed by atoms with Gasteiger partial charge in [0, 0.05) is 10.2 Å². The summed E-state index contributed by atoms with van der Waals surface area (Å²) in [5.74, 6) is -0.0783. The third-order valence-electron chi connectivity index (χ3n) is 2.80. The second-order valence-corrected chi connectivity index (χ2v) is 4.91. The van der Waals surface area contributed by atoms with Crippen molar-refractivity contribution >= 4 is 27.5 Å². The van der Waals surface area contributed by atoms with Crippen LogP contribution in [-0.2, 0) is 9.53 Å². The van der Waals surface area contributed by atoms with Gasteiger partial charge in [-0.1, -0.05) is 22.0 Å². The van der Waals surface area contributed by atoms with Gasteiger partial charge >= 0.3 is 0 Å². The third kappa shape index (κ3) is 2.68. The number of nitrogens with zero attached hydrogens (tertiary/aromatic N) is 1. The molecule has 0 aliphatic carbocycles. The van der Waals surface area contributed by atoms with E-state index < -0.39 is 0 Å². The van der Waals surface area contributed by atoms with E-state index in [0.717, 1.165) is 15.7 Å². The minimum absolute atomic E-state index is 0.0245. The molecular formula is C12H14BrNO3. The highest BCUT2D eigenvalue weighted by Gasteiger charge is 2.27. The van der Waals surface area contributed by atoms with E-state index in [1.54, 1.807) is 4.90 Å². The molecule has 1 aliphatic heterocycles. The van der Waals surface area contributed by atoms with Gasteiger partial charge in [0.15, 0.2) is 0 Å². The molecule has 0 saturated carbocycles. The summed E-state index contributed by atoms with van der Waals surface area (Å²) in [6, 6.07) is 5.76. The highest BCUT2D eigenvalue weighted by atomic mass is 79.9. The van der Waals surface area contributed by atoms with Crippen LogP contribution < -0.4 is 4.90 Å². The maximum atomic E-state index is 11.8. The van der Waals surface area contributed by atoms with Crippen LogP contribution in [0.15, 0.2) is 22.7 Å². The Hall–Kier alpha value is -0.910. The number of halogens is 1. The molecule has 1 heterocycles. The topological polar surface area (TPSA) is 49.8 Å². The van der Waals surface area contributed by atoms with Crippen molar-refractivity contribution in [3.05, 3.63) is 28.2 Å². The van der Waals surface area contributed by atoms with E-state index in [1.807, 2.05) is 25.1 Å². The van der Waals surface area contributed by atoms with Crippen molar-refractivity contribution in [1.82, 2.24) is 0 Å². The molecule has 0 bridgehead atoms. The molecular weight excluding hydrogens is 286 g/mol. The lowest BCUT2D eigenvalue weighted by atomic mass is 10.2. The Balaban J connectivity index is 2.24. The van der Waals surface area contributed by atoms with Gasteiger partial charge in [0.1, 0.15) is 6.61 Å². The van der Waals surface area contributed by atoms with Crippen molar-refractivity contribution < 1.29 is 14.6 Å². The van der Waals surface area contributed by atoms with Gasteiger partial charge in [-0.3, -0.25) is 4.79 Å². The first-order valence-corrected chi connectivity index (χ1v) is 6.20. The molecule has 1 fully saturated rings. The predicted octanol–water partition coefficient (Wildman–Crippen LogP) is 1.48. The fourth-order valence-electron chi connectivity index (χ4n) is 1.73. The number of hydrogen-bond acceptors (Lipinski definition) is 3. The number of morpholine rings is 1. The molecule has 0 aromatic heterocycles. The average molecular weight is 300 g/mol. The lowest BCUT2D eigenvalue weighted by Gasteiger charge is -2.32. The summed E-state index contributed by atoms with van der Waals surface area (Å²) in [5, 5.41) is 9.07. The zero-order valence-electron chi connectivity index (χ0n) is 9.52. The molecule has 1 atom stereocenters. The van der Waals surface area contributed by atoms with Gasteiger partial charge in [-0.15, -0.1) is 0 Å². The van der Waals surface area contributed by atoms with Crippen molar-refractivity contribution in [2.45, 2.75) is 13.0 Å². The molecule has 2 rings (SSSR count). The van der Waals surface area contributed by atoms with Crippen LogP contribution in [0.2, 0.25) is 0 Å². The summed E-state index contributed by atoms with van der Waals surface area (Å²) in [6.45, 7) is 2.34. The lowest BCUT2D eigenvalue weighted by Crippen LogP contribution is -2.48. The summed E-state index contributed by atoms with van der Waals surface area (Å²) in [6.07, 6.45) is -0.298. The molecule has 1 saturated heterocycles. The Kier molecular flexibility index (Phi) is 3.81. The number of benzene rings is 1. The van der Waals surface area contributed by atoms with Crippen LogP contribution in [0.1, 0.15) is 5.56 Å². The monoisotopic (exact) mass is 299 g/mol. The summed E-state index contributed by atoms with van der Waals surface area (Å²) in [5.41, 5.74) is 1.95. The molecule has 1 unspecified atom stereocenters. The quantitative estimate of drug-likeness (QED) is 0.900. The van der Waals surface area contributed by atoms with Crippen LogP contribution in [0.4, 0.5) is 5.69 Å². The number of aliphatic hydroxyl groups is 1. The van der Waals surface area contributed by atoms with Crippen LogP contribution in [0.3, 0.4) is 0 Å². The minimum atomic E-state index is -0.298. The van der Waals surface area contributed by atoms with Crippen LogP contribution in [0, 0.1) is 6.92 Å². The number of anilines is 1. The second kappa shape index (κ2) is 5.16. The van der Waals surface area contributed by atoms with Gasteiger partial charge in [0.05, 0.1) is 19.3 Å². The second-order valence-electron chi connectivity index (χ2n) is 4.05. The number of rotatable bonds is 2. The molecule has 1 aromatic rings. The predicted molar refractivity (Wildman–Crippen MR) is 68.1 cm³/mol. The average Bonchev–Trinajstić information content (AvgIpc) is 2.33. The van der Waals surface area contributed by atoms with Gasteiger partial charge in [-0.2, -0.15) is 0 Å². The molecule has 5 heteroatoms. The maximum Gasteiger partial charge on any atom is 0.253 e. The van der Waals surface area contributed by atoms with E-state index in [0.29, 0.717) is 6.54 Å². The SMILES string of the molecule is Cc1ccc(N2CC(CO)OCC2=O)cc1Br. The lowest BCUT2D eigenvalue weighted by molar-refractivity contribution is -0.130. The number of aliphatic hydroxyl groups excluding tert-OH is 1. The first-order valence-electron chi connectivity index (χ1n) is 5.41. The third-order valence-corrected chi connectivity index (χ3v) is 3.65. The Morgan fingerprint density at radius 1 is 1.59 bits per heavy atom. The molecule has 1 N–H and O–H groups in total. The highest BCUT2D eigenvalue weighted by Crippen LogP contribution is 2.25. The van der Waals surface area contributed by atoms with Gasteiger partial charge in [0.2, 0.25) is 0 Å². The molecule has 4 nitrogen and oxygen atoms in total. The largest absolute Gasteiger partial charge is 0.394 e. The molecule has 1 aromatic carbocycles. The molecule has 0 spiro atoms. The van der Waals surface area contributed by atoms with Crippen LogP contribution >= 0.6 is 15.9 Å². The van der Waals surface area contributed by atoms with Gasteiger partial charge in [0.25, 0.3) is 5.91 Å². The maximum absolute atomic E-state index is 11.8. The van der Waals surface area contributed by atoms with E-state index >= 15 is 0 Å². The van der Waals surface area contributed by atoms with E-state index in [2.05, 4.69) is 15.9 Å². The smallest absolute Gasteiger partial charge is 0.253 e. The zero-order chi connectivity index (χ0) is 12.4. The number of aryl methyl sites for hydroxylation is 1. The molecule has 1 aliphatic rings. The van der Waals surface area contributed by atoms with Gasteiger partial charge < -0.3 is 14.7 Å². The number of ether oxygens (including phenoxy) is 1. The van der Waals surface area contributed by atoms with E-state index in [4.69, 9.17) is 9.84 Å².